The number of ether oxygens (including phenoxy) is 2. The summed E-state index contributed by atoms with van der Waals surface area (Å²) in [5.74, 6) is -1.61. The van der Waals surface area contributed by atoms with Crippen molar-refractivity contribution in [3.05, 3.63) is 59.8 Å². The number of esters is 1. The van der Waals surface area contributed by atoms with Crippen LogP contribution in [0.4, 0.5) is 4.39 Å². The standard InChI is InChI=1S/C21H20FN3O4/c1-21(6-7-21)29-20(27)19(26)24-11-15-9-13-4-5-16(10-17(13)25-15)28-12-14-3-2-8-23-18(14)22/h2-5,8-10,25H,6-7,11-12H2,1H3,(H,24,26). The smallest absolute Gasteiger partial charge is 0.397 e. The molecule has 0 bridgehead atoms. The van der Waals surface area contributed by atoms with E-state index in [2.05, 4.69) is 15.3 Å². The number of halogens is 1. The number of benzene rings is 1. The van der Waals surface area contributed by atoms with E-state index in [9.17, 15) is 14.0 Å². The summed E-state index contributed by atoms with van der Waals surface area (Å²) in [5.41, 5.74) is 1.42. The average Bonchev–Trinajstić information content (AvgIpc) is 3.28. The molecule has 2 aromatic heterocycles. The minimum Gasteiger partial charge on any atom is -0.489 e. The Hall–Kier alpha value is -3.42. The summed E-state index contributed by atoms with van der Waals surface area (Å²) in [7, 11) is 0. The van der Waals surface area contributed by atoms with Gasteiger partial charge in [0.2, 0.25) is 5.95 Å². The zero-order chi connectivity index (χ0) is 20.4. The van der Waals surface area contributed by atoms with Crippen molar-refractivity contribution >= 4 is 22.8 Å². The molecule has 1 saturated carbocycles. The minimum atomic E-state index is -0.862. The van der Waals surface area contributed by atoms with E-state index in [4.69, 9.17) is 9.47 Å². The number of nitrogens with one attached hydrogen (secondary N) is 2. The number of H-pyrrole nitrogens is 1. The Kier molecular flexibility index (Phi) is 4.92. The number of aromatic nitrogens is 2. The number of nitrogens with zero attached hydrogens (tertiary/aromatic N) is 1. The van der Waals surface area contributed by atoms with Crippen molar-refractivity contribution < 1.29 is 23.5 Å². The van der Waals surface area contributed by atoms with Gasteiger partial charge in [-0.1, -0.05) is 0 Å². The molecule has 2 N–H and O–H groups in total. The first kappa shape index (κ1) is 18.9. The van der Waals surface area contributed by atoms with Crippen molar-refractivity contribution in [1.29, 1.82) is 0 Å². The van der Waals surface area contributed by atoms with E-state index in [1.54, 1.807) is 31.2 Å². The molecule has 1 amide bonds. The summed E-state index contributed by atoms with van der Waals surface area (Å²) in [6.07, 6.45) is 2.95. The number of hydrogen-bond donors (Lipinski definition) is 2. The molecule has 4 rings (SSSR count). The van der Waals surface area contributed by atoms with E-state index in [-0.39, 0.29) is 13.2 Å². The van der Waals surface area contributed by atoms with Gasteiger partial charge in [0.1, 0.15) is 18.0 Å². The van der Waals surface area contributed by atoms with Crippen LogP contribution in [0.1, 0.15) is 31.0 Å². The lowest BCUT2D eigenvalue weighted by Crippen LogP contribution is -2.34. The molecule has 1 aliphatic carbocycles. The second-order valence-corrected chi connectivity index (χ2v) is 7.31. The fraction of sp³-hybridized carbons (Fsp3) is 0.286. The zero-order valence-corrected chi connectivity index (χ0v) is 15.8. The molecule has 3 aromatic rings. The van der Waals surface area contributed by atoms with Crippen molar-refractivity contribution in [2.75, 3.05) is 0 Å². The maximum Gasteiger partial charge on any atom is 0.397 e. The minimum absolute atomic E-state index is 0.0653. The van der Waals surface area contributed by atoms with Crippen LogP contribution in [0, 0.1) is 5.95 Å². The first-order valence-electron chi connectivity index (χ1n) is 9.27. The summed E-state index contributed by atoms with van der Waals surface area (Å²) in [6, 6.07) is 10.6. The van der Waals surface area contributed by atoms with Crippen LogP contribution in [-0.4, -0.2) is 27.4 Å². The van der Waals surface area contributed by atoms with Crippen LogP contribution in [-0.2, 0) is 27.5 Å². The second kappa shape index (κ2) is 7.54. The normalized spacial score (nSPS) is 14.4. The molecule has 29 heavy (non-hydrogen) atoms. The van der Waals surface area contributed by atoms with Crippen LogP contribution in [0.3, 0.4) is 0 Å². The Balaban J connectivity index is 1.36. The Labute approximate surface area is 166 Å². The second-order valence-electron chi connectivity index (χ2n) is 7.31. The highest BCUT2D eigenvalue weighted by atomic mass is 19.1. The van der Waals surface area contributed by atoms with Crippen molar-refractivity contribution in [3.8, 4) is 5.75 Å². The molecule has 1 aliphatic rings. The zero-order valence-electron chi connectivity index (χ0n) is 15.8. The monoisotopic (exact) mass is 397 g/mol. The Bertz CT molecular complexity index is 1070. The molecule has 0 saturated heterocycles. The van der Waals surface area contributed by atoms with Crippen LogP contribution in [0.25, 0.3) is 10.9 Å². The molecule has 1 aromatic carbocycles. The first-order chi connectivity index (χ1) is 13.9. The summed E-state index contributed by atoms with van der Waals surface area (Å²) in [6.45, 7) is 2.03. The van der Waals surface area contributed by atoms with Crippen LogP contribution < -0.4 is 10.1 Å². The quantitative estimate of drug-likeness (QED) is 0.379. The highest BCUT2D eigenvalue weighted by Crippen LogP contribution is 2.38. The third kappa shape index (κ3) is 4.53. The van der Waals surface area contributed by atoms with E-state index >= 15 is 0 Å². The van der Waals surface area contributed by atoms with Gasteiger partial charge in [-0.3, -0.25) is 4.79 Å². The predicted molar refractivity (Wildman–Crippen MR) is 102 cm³/mol. The van der Waals surface area contributed by atoms with Gasteiger partial charge in [-0.15, -0.1) is 0 Å². The lowest BCUT2D eigenvalue weighted by Gasteiger charge is -2.10. The largest absolute Gasteiger partial charge is 0.489 e. The maximum atomic E-state index is 13.6. The highest BCUT2D eigenvalue weighted by Gasteiger charge is 2.42. The Morgan fingerprint density at radius 1 is 1.28 bits per heavy atom. The summed E-state index contributed by atoms with van der Waals surface area (Å²) in [5, 5.41) is 3.47. The molecule has 7 nitrogen and oxygen atoms in total. The topological polar surface area (TPSA) is 93.3 Å². The van der Waals surface area contributed by atoms with Crippen LogP contribution in [0.2, 0.25) is 0 Å². The van der Waals surface area contributed by atoms with Crippen molar-refractivity contribution in [1.82, 2.24) is 15.3 Å². The molecular formula is C21H20FN3O4. The number of fused-ring (bicyclic) bond motifs is 1. The number of amides is 1. The highest BCUT2D eigenvalue weighted by molar-refractivity contribution is 6.32. The van der Waals surface area contributed by atoms with Gasteiger partial charge >= 0.3 is 11.9 Å². The maximum absolute atomic E-state index is 13.6. The van der Waals surface area contributed by atoms with E-state index in [1.807, 2.05) is 12.1 Å². The Morgan fingerprint density at radius 3 is 2.86 bits per heavy atom. The van der Waals surface area contributed by atoms with Gasteiger partial charge in [-0.25, -0.2) is 9.78 Å². The molecule has 0 atom stereocenters. The summed E-state index contributed by atoms with van der Waals surface area (Å²) < 4.78 is 24.4. The number of hydrogen-bond acceptors (Lipinski definition) is 5. The summed E-state index contributed by atoms with van der Waals surface area (Å²) in [4.78, 5) is 30.4. The fourth-order valence-electron chi connectivity index (χ4n) is 2.84. The predicted octanol–water partition coefficient (Wildman–Crippen LogP) is 2.99. The molecule has 2 heterocycles. The van der Waals surface area contributed by atoms with E-state index < -0.39 is 23.4 Å². The van der Waals surface area contributed by atoms with Gasteiger partial charge < -0.3 is 19.8 Å². The van der Waals surface area contributed by atoms with E-state index in [1.165, 1.54) is 6.20 Å². The molecule has 0 unspecified atom stereocenters. The number of pyridine rings is 1. The number of aromatic amines is 1. The SMILES string of the molecule is CC1(OC(=O)C(=O)NCc2cc3ccc(OCc4cccnc4F)cc3[nH]2)CC1. The molecule has 0 spiro atoms. The van der Waals surface area contributed by atoms with Crippen molar-refractivity contribution in [3.63, 3.8) is 0 Å². The number of carbonyl (C=O) groups is 2. The van der Waals surface area contributed by atoms with Crippen LogP contribution in [0.15, 0.2) is 42.6 Å². The van der Waals surface area contributed by atoms with Crippen LogP contribution >= 0.6 is 0 Å². The molecule has 150 valence electrons. The van der Waals surface area contributed by atoms with Gasteiger partial charge in [-0.05, 0) is 55.5 Å². The average molecular weight is 397 g/mol. The molecule has 1 fully saturated rings. The van der Waals surface area contributed by atoms with Gasteiger partial charge in [0, 0.05) is 29.0 Å². The lowest BCUT2D eigenvalue weighted by atomic mass is 10.2. The molecule has 8 heteroatoms. The molecule has 0 aliphatic heterocycles. The van der Waals surface area contributed by atoms with Crippen molar-refractivity contribution in [2.24, 2.45) is 0 Å². The third-order valence-electron chi connectivity index (χ3n) is 4.80. The lowest BCUT2D eigenvalue weighted by molar-refractivity contribution is -0.159. The third-order valence-corrected chi connectivity index (χ3v) is 4.80. The number of rotatable bonds is 6. The van der Waals surface area contributed by atoms with E-state index in [0.717, 1.165) is 29.4 Å². The van der Waals surface area contributed by atoms with Gasteiger partial charge in [0.25, 0.3) is 0 Å². The molecular weight excluding hydrogens is 377 g/mol. The van der Waals surface area contributed by atoms with Crippen molar-refractivity contribution in [2.45, 2.75) is 38.5 Å². The van der Waals surface area contributed by atoms with Gasteiger partial charge in [-0.2, -0.15) is 4.39 Å². The van der Waals surface area contributed by atoms with Gasteiger partial charge in [0.05, 0.1) is 6.54 Å². The first-order valence-corrected chi connectivity index (χ1v) is 9.27. The fourth-order valence-corrected chi connectivity index (χ4v) is 2.84. The summed E-state index contributed by atoms with van der Waals surface area (Å²) >= 11 is 0. The Morgan fingerprint density at radius 2 is 2.10 bits per heavy atom. The van der Waals surface area contributed by atoms with E-state index in [0.29, 0.717) is 11.3 Å². The van der Waals surface area contributed by atoms with Crippen LogP contribution in [0.5, 0.6) is 5.75 Å². The molecule has 0 radical (unpaired) electrons. The number of carbonyl (C=O) groups excluding carboxylic acids is 2. The van der Waals surface area contributed by atoms with Gasteiger partial charge in [0.15, 0.2) is 0 Å².